The highest BCUT2D eigenvalue weighted by atomic mass is 16.4. The SMILES string of the molecule is CC(c1ccccc1)c1cc(N)ccc1C(=O)O. The van der Waals surface area contributed by atoms with Crippen LogP contribution in [-0.4, -0.2) is 11.1 Å². The van der Waals surface area contributed by atoms with Gasteiger partial charge in [-0.15, -0.1) is 0 Å². The summed E-state index contributed by atoms with van der Waals surface area (Å²) < 4.78 is 0. The first-order valence-electron chi connectivity index (χ1n) is 5.77. The van der Waals surface area contributed by atoms with Gasteiger partial charge in [-0.05, 0) is 29.3 Å². The number of carboxylic acid groups (broad SMARTS) is 1. The second-order valence-corrected chi connectivity index (χ2v) is 4.28. The van der Waals surface area contributed by atoms with Gasteiger partial charge >= 0.3 is 5.97 Å². The van der Waals surface area contributed by atoms with Gasteiger partial charge in [-0.3, -0.25) is 0 Å². The minimum atomic E-state index is -0.923. The molecule has 2 aromatic carbocycles. The number of aromatic carboxylic acids is 1. The van der Waals surface area contributed by atoms with Crippen molar-refractivity contribution in [1.29, 1.82) is 0 Å². The van der Waals surface area contributed by atoms with Gasteiger partial charge in [0.15, 0.2) is 0 Å². The van der Waals surface area contributed by atoms with E-state index in [4.69, 9.17) is 5.73 Å². The van der Waals surface area contributed by atoms with Gasteiger partial charge in [0, 0.05) is 11.6 Å². The van der Waals surface area contributed by atoms with Gasteiger partial charge in [0.05, 0.1) is 5.56 Å². The second-order valence-electron chi connectivity index (χ2n) is 4.28. The minimum Gasteiger partial charge on any atom is -0.478 e. The van der Waals surface area contributed by atoms with Crippen LogP contribution in [0.4, 0.5) is 5.69 Å². The third-order valence-electron chi connectivity index (χ3n) is 3.07. The molecular formula is C15H15NO2. The number of anilines is 1. The maximum absolute atomic E-state index is 11.2. The molecule has 0 aliphatic rings. The van der Waals surface area contributed by atoms with E-state index in [0.717, 1.165) is 11.1 Å². The van der Waals surface area contributed by atoms with Crippen molar-refractivity contribution in [3.05, 3.63) is 65.2 Å². The Morgan fingerprint density at radius 2 is 1.83 bits per heavy atom. The maximum atomic E-state index is 11.2. The van der Waals surface area contributed by atoms with Gasteiger partial charge in [0.2, 0.25) is 0 Å². The summed E-state index contributed by atoms with van der Waals surface area (Å²) in [6, 6.07) is 14.7. The predicted octanol–water partition coefficient (Wildman–Crippen LogP) is 3.12. The Morgan fingerprint density at radius 1 is 1.17 bits per heavy atom. The Balaban J connectivity index is 2.50. The molecule has 2 rings (SSSR count). The van der Waals surface area contributed by atoms with E-state index >= 15 is 0 Å². The monoisotopic (exact) mass is 241 g/mol. The number of carboxylic acids is 1. The lowest BCUT2D eigenvalue weighted by atomic mass is 9.89. The highest BCUT2D eigenvalue weighted by molar-refractivity contribution is 5.90. The Hall–Kier alpha value is -2.29. The fourth-order valence-corrected chi connectivity index (χ4v) is 2.06. The molecule has 1 unspecified atom stereocenters. The van der Waals surface area contributed by atoms with Crippen molar-refractivity contribution in [3.63, 3.8) is 0 Å². The quantitative estimate of drug-likeness (QED) is 0.811. The van der Waals surface area contributed by atoms with E-state index in [1.807, 2.05) is 37.3 Å². The number of rotatable bonds is 3. The van der Waals surface area contributed by atoms with Crippen LogP contribution >= 0.6 is 0 Å². The van der Waals surface area contributed by atoms with E-state index in [-0.39, 0.29) is 5.92 Å². The van der Waals surface area contributed by atoms with Crippen LogP contribution in [0.2, 0.25) is 0 Å². The Bertz CT molecular complexity index is 564. The molecule has 0 aliphatic carbocycles. The Kier molecular flexibility index (Phi) is 3.33. The number of hydrogen-bond acceptors (Lipinski definition) is 2. The molecule has 0 saturated carbocycles. The van der Waals surface area contributed by atoms with Crippen LogP contribution in [0.25, 0.3) is 0 Å². The summed E-state index contributed by atoms with van der Waals surface area (Å²) >= 11 is 0. The zero-order valence-electron chi connectivity index (χ0n) is 10.1. The van der Waals surface area contributed by atoms with Crippen molar-refractivity contribution in [1.82, 2.24) is 0 Å². The molecule has 0 fully saturated rings. The van der Waals surface area contributed by atoms with Gasteiger partial charge in [-0.1, -0.05) is 37.3 Å². The van der Waals surface area contributed by atoms with E-state index in [0.29, 0.717) is 11.3 Å². The number of carbonyl (C=O) groups is 1. The van der Waals surface area contributed by atoms with E-state index in [9.17, 15) is 9.90 Å². The smallest absolute Gasteiger partial charge is 0.335 e. The van der Waals surface area contributed by atoms with Crippen LogP contribution in [0.3, 0.4) is 0 Å². The Morgan fingerprint density at radius 3 is 2.44 bits per heavy atom. The van der Waals surface area contributed by atoms with Crippen molar-refractivity contribution in [2.24, 2.45) is 0 Å². The molecule has 3 N–H and O–H groups in total. The normalized spacial score (nSPS) is 12.1. The van der Waals surface area contributed by atoms with E-state index < -0.39 is 5.97 Å². The lowest BCUT2D eigenvalue weighted by molar-refractivity contribution is 0.0695. The van der Waals surface area contributed by atoms with E-state index in [1.54, 1.807) is 18.2 Å². The van der Waals surface area contributed by atoms with Crippen molar-refractivity contribution in [2.75, 3.05) is 5.73 Å². The summed E-state index contributed by atoms with van der Waals surface area (Å²) in [6.45, 7) is 1.98. The summed E-state index contributed by atoms with van der Waals surface area (Å²) in [6.07, 6.45) is 0. The summed E-state index contributed by atoms with van der Waals surface area (Å²) in [7, 11) is 0. The zero-order valence-corrected chi connectivity index (χ0v) is 10.1. The largest absolute Gasteiger partial charge is 0.478 e. The number of benzene rings is 2. The lowest BCUT2D eigenvalue weighted by Crippen LogP contribution is -2.07. The van der Waals surface area contributed by atoms with Gasteiger partial charge in [-0.25, -0.2) is 4.79 Å². The van der Waals surface area contributed by atoms with Crippen molar-refractivity contribution in [3.8, 4) is 0 Å². The van der Waals surface area contributed by atoms with E-state index in [2.05, 4.69) is 0 Å². The molecule has 0 spiro atoms. The van der Waals surface area contributed by atoms with Gasteiger partial charge < -0.3 is 10.8 Å². The van der Waals surface area contributed by atoms with Crippen LogP contribution in [0.5, 0.6) is 0 Å². The average Bonchev–Trinajstić information content (AvgIpc) is 2.38. The molecule has 3 heteroatoms. The lowest BCUT2D eigenvalue weighted by Gasteiger charge is -2.15. The zero-order chi connectivity index (χ0) is 13.1. The van der Waals surface area contributed by atoms with Crippen molar-refractivity contribution < 1.29 is 9.90 Å². The summed E-state index contributed by atoms with van der Waals surface area (Å²) in [4.78, 5) is 11.2. The van der Waals surface area contributed by atoms with Crippen molar-refractivity contribution >= 4 is 11.7 Å². The van der Waals surface area contributed by atoms with Gasteiger partial charge in [0.1, 0.15) is 0 Å². The molecule has 0 aromatic heterocycles. The molecule has 0 radical (unpaired) electrons. The fourth-order valence-electron chi connectivity index (χ4n) is 2.06. The van der Waals surface area contributed by atoms with Crippen molar-refractivity contribution in [2.45, 2.75) is 12.8 Å². The molecule has 0 amide bonds. The average molecular weight is 241 g/mol. The van der Waals surface area contributed by atoms with Crippen LogP contribution in [-0.2, 0) is 0 Å². The summed E-state index contributed by atoms with van der Waals surface area (Å²) in [5, 5.41) is 9.21. The molecule has 1 atom stereocenters. The van der Waals surface area contributed by atoms with Crippen LogP contribution in [0.1, 0.15) is 34.3 Å². The molecule has 0 bridgehead atoms. The highest BCUT2D eigenvalue weighted by Crippen LogP contribution is 2.28. The van der Waals surface area contributed by atoms with E-state index in [1.165, 1.54) is 0 Å². The summed E-state index contributed by atoms with van der Waals surface area (Å²) in [5.74, 6) is -0.923. The topological polar surface area (TPSA) is 63.3 Å². The third kappa shape index (κ3) is 2.35. The molecule has 92 valence electrons. The number of nitrogens with two attached hydrogens (primary N) is 1. The molecule has 0 aliphatic heterocycles. The predicted molar refractivity (Wildman–Crippen MR) is 71.8 cm³/mol. The first-order chi connectivity index (χ1) is 8.59. The summed E-state index contributed by atoms with van der Waals surface area (Å²) in [5.41, 5.74) is 8.46. The van der Waals surface area contributed by atoms with Gasteiger partial charge in [0.25, 0.3) is 0 Å². The molecule has 0 heterocycles. The number of hydrogen-bond donors (Lipinski definition) is 2. The second kappa shape index (κ2) is 4.92. The maximum Gasteiger partial charge on any atom is 0.335 e. The molecule has 2 aromatic rings. The first-order valence-corrected chi connectivity index (χ1v) is 5.77. The standard InChI is InChI=1S/C15H15NO2/c1-10(11-5-3-2-4-6-11)14-9-12(16)7-8-13(14)15(17)18/h2-10H,16H2,1H3,(H,17,18). The highest BCUT2D eigenvalue weighted by Gasteiger charge is 2.17. The minimum absolute atomic E-state index is 0.000741. The van der Waals surface area contributed by atoms with Gasteiger partial charge in [-0.2, -0.15) is 0 Å². The Labute approximate surface area is 106 Å². The molecule has 0 saturated heterocycles. The molecular weight excluding hydrogens is 226 g/mol. The third-order valence-corrected chi connectivity index (χ3v) is 3.07. The molecule has 18 heavy (non-hydrogen) atoms. The molecule has 3 nitrogen and oxygen atoms in total. The van der Waals surface area contributed by atoms with Crippen LogP contribution in [0.15, 0.2) is 48.5 Å². The fraction of sp³-hybridized carbons (Fsp3) is 0.133. The first kappa shape index (κ1) is 12.2. The number of nitrogen functional groups attached to an aromatic ring is 1. The van der Waals surface area contributed by atoms with Crippen LogP contribution < -0.4 is 5.73 Å². The van der Waals surface area contributed by atoms with Crippen LogP contribution in [0, 0.1) is 0 Å².